The van der Waals surface area contributed by atoms with Crippen molar-refractivity contribution < 1.29 is 4.79 Å². The fourth-order valence-electron chi connectivity index (χ4n) is 4.41. The Balaban J connectivity index is 1.43. The van der Waals surface area contributed by atoms with Crippen LogP contribution in [0.5, 0.6) is 0 Å². The maximum absolute atomic E-state index is 13.2. The number of imidazole rings is 1. The van der Waals surface area contributed by atoms with Crippen LogP contribution in [-0.2, 0) is 6.54 Å². The molecule has 0 bridgehead atoms. The van der Waals surface area contributed by atoms with Crippen molar-refractivity contribution in [3.63, 3.8) is 0 Å². The summed E-state index contributed by atoms with van der Waals surface area (Å²) in [5, 5.41) is 3.69. The average molecular weight is 391 g/mol. The molecule has 5 heteroatoms. The molecular weight excluding hydrogens is 360 g/mol. The standard InChI is InChI=1S/C24H30N4O/c1-3-28(24(29)23-26-21-13-12-17(2)14-22(21)27-23)20-11-7-10-19(15-20)25-16-18-8-5-4-6-9-18/h4-6,8-9,12-14,19-20,25H,3,7,10-11,15-16H2,1-2H3,(H,26,27). The third-order valence-electron chi connectivity index (χ3n) is 5.97. The van der Waals surface area contributed by atoms with Gasteiger partial charge in [-0.05, 0) is 62.8 Å². The van der Waals surface area contributed by atoms with Crippen LogP contribution >= 0.6 is 0 Å². The van der Waals surface area contributed by atoms with Crippen molar-refractivity contribution in [3.8, 4) is 0 Å². The topological polar surface area (TPSA) is 61.0 Å². The molecule has 0 saturated heterocycles. The number of carbonyl (C=O) groups is 1. The first-order valence-electron chi connectivity index (χ1n) is 10.7. The quantitative estimate of drug-likeness (QED) is 0.654. The molecule has 2 atom stereocenters. The molecule has 1 aliphatic carbocycles. The smallest absolute Gasteiger partial charge is 0.289 e. The highest BCUT2D eigenvalue weighted by Crippen LogP contribution is 2.25. The predicted molar refractivity (Wildman–Crippen MR) is 117 cm³/mol. The lowest BCUT2D eigenvalue weighted by Crippen LogP contribution is -2.47. The summed E-state index contributed by atoms with van der Waals surface area (Å²) >= 11 is 0. The van der Waals surface area contributed by atoms with Crippen LogP contribution in [0.4, 0.5) is 0 Å². The van der Waals surface area contributed by atoms with Gasteiger partial charge >= 0.3 is 0 Å². The summed E-state index contributed by atoms with van der Waals surface area (Å²) in [6.07, 6.45) is 4.35. The first kappa shape index (κ1) is 19.6. The number of benzene rings is 2. The molecule has 2 aromatic carbocycles. The second-order valence-corrected chi connectivity index (χ2v) is 8.08. The summed E-state index contributed by atoms with van der Waals surface area (Å²) in [4.78, 5) is 23.0. The lowest BCUT2D eigenvalue weighted by atomic mass is 9.89. The van der Waals surface area contributed by atoms with Crippen molar-refractivity contribution in [3.05, 3.63) is 65.5 Å². The van der Waals surface area contributed by atoms with Gasteiger partial charge in [0.1, 0.15) is 0 Å². The van der Waals surface area contributed by atoms with Crippen molar-refractivity contribution in [2.75, 3.05) is 6.54 Å². The Morgan fingerprint density at radius 2 is 2.03 bits per heavy atom. The molecule has 0 radical (unpaired) electrons. The molecular formula is C24H30N4O. The van der Waals surface area contributed by atoms with E-state index in [1.54, 1.807) is 0 Å². The molecule has 1 saturated carbocycles. The highest BCUT2D eigenvalue weighted by molar-refractivity contribution is 5.94. The third kappa shape index (κ3) is 4.51. The SMILES string of the molecule is CCN(C(=O)c1nc2cc(C)ccc2[nH]1)C1CCCC(NCc2ccccc2)C1. The van der Waals surface area contributed by atoms with E-state index in [9.17, 15) is 4.79 Å². The van der Waals surface area contributed by atoms with Crippen LogP contribution in [0.1, 0.15) is 54.4 Å². The number of aromatic nitrogens is 2. The number of nitrogens with zero attached hydrogens (tertiary/aromatic N) is 2. The minimum atomic E-state index is 0.00932. The van der Waals surface area contributed by atoms with Crippen molar-refractivity contribution in [1.29, 1.82) is 0 Å². The van der Waals surface area contributed by atoms with E-state index < -0.39 is 0 Å². The molecule has 29 heavy (non-hydrogen) atoms. The summed E-state index contributed by atoms with van der Waals surface area (Å²) in [6.45, 7) is 5.68. The van der Waals surface area contributed by atoms with Gasteiger partial charge in [-0.25, -0.2) is 4.98 Å². The van der Waals surface area contributed by atoms with Crippen LogP contribution in [0.2, 0.25) is 0 Å². The third-order valence-corrected chi connectivity index (χ3v) is 5.97. The molecule has 1 heterocycles. The lowest BCUT2D eigenvalue weighted by Gasteiger charge is -2.37. The minimum absolute atomic E-state index is 0.00932. The Labute approximate surface area is 172 Å². The number of fused-ring (bicyclic) bond motifs is 1. The van der Waals surface area contributed by atoms with Gasteiger partial charge in [0.25, 0.3) is 5.91 Å². The van der Waals surface area contributed by atoms with Crippen molar-refractivity contribution in [2.24, 2.45) is 0 Å². The largest absolute Gasteiger partial charge is 0.334 e. The van der Waals surface area contributed by atoms with Gasteiger partial charge in [-0.3, -0.25) is 4.79 Å². The van der Waals surface area contributed by atoms with Gasteiger partial charge in [0.2, 0.25) is 0 Å². The van der Waals surface area contributed by atoms with Crippen molar-refractivity contribution in [1.82, 2.24) is 20.2 Å². The van der Waals surface area contributed by atoms with Crippen molar-refractivity contribution in [2.45, 2.75) is 58.2 Å². The Bertz CT molecular complexity index is 965. The molecule has 152 valence electrons. The van der Waals surface area contributed by atoms with Gasteiger partial charge in [-0.2, -0.15) is 0 Å². The van der Waals surface area contributed by atoms with E-state index in [0.717, 1.165) is 42.4 Å². The molecule has 2 N–H and O–H groups in total. The minimum Gasteiger partial charge on any atom is -0.334 e. The van der Waals surface area contributed by atoms with Gasteiger partial charge in [0, 0.05) is 25.2 Å². The van der Waals surface area contributed by atoms with E-state index >= 15 is 0 Å². The summed E-state index contributed by atoms with van der Waals surface area (Å²) < 4.78 is 0. The van der Waals surface area contributed by atoms with Crippen LogP contribution < -0.4 is 5.32 Å². The molecule has 1 aliphatic rings. The number of aryl methyl sites for hydroxylation is 1. The number of hydrogen-bond donors (Lipinski definition) is 2. The molecule has 1 fully saturated rings. The Kier molecular flexibility index (Phi) is 5.95. The van der Waals surface area contributed by atoms with Gasteiger partial charge in [-0.1, -0.05) is 36.4 Å². The van der Waals surface area contributed by atoms with E-state index in [1.165, 1.54) is 12.0 Å². The molecule has 2 unspecified atom stereocenters. The summed E-state index contributed by atoms with van der Waals surface area (Å²) in [6, 6.07) is 17.2. The highest BCUT2D eigenvalue weighted by atomic mass is 16.2. The first-order chi connectivity index (χ1) is 14.1. The van der Waals surface area contributed by atoms with E-state index in [0.29, 0.717) is 18.4 Å². The summed E-state index contributed by atoms with van der Waals surface area (Å²) in [5.41, 5.74) is 4.22. The molecule has 1 amide bonds. The number of amides is 1. The number of hydrogen-bond acceptors (Lipinski definition) is 3. The number of carbonyl (C=O) groups excluding carboxylic acids is 1. The van der Waals surface area contributed by atoms with E-state index in [-0.39, 0.29) is 11.9 Å². The van der Waals surface area contributed by atoms with Crippen molar-refractivity contribution >= 4 is 16.9 Å². The maximum Gasteiger partial charge on any atom is 0.289 e. The Morgan fingerprint density at radius 1 is 1.21 bits per heavy atom. The van der Waals surface area contributed by atoms with Crippen LogP contribution in [-0.4, -0.2) is 39.4 Å². The zero-order valence-corrected chi connectivity index (χ0v) is 17.3. The van der Waals surface area contributed by atoms with E-state index in [4.69, 9.17) is 0 Å². The number of rotatable bonds is 6. The van der Waals surface area contributed by atoms with Crippen LogP contribution in [0.15, 0.2) is 48.5 Å². The zero-order chi connectivity index (χ0) is 20.2. The monoisotopic (exact) mass is 390 g/mol. The fraction of sp³-hybridized carbons (Fsp3) is 0.417. The summed E-state index contributed by atoms with van der Waals surface area (Å²) in [5.74, 6) is 0.460. The lowest BCUT2D eigenvalue weighted by molar-refractivity contribution is 0.0617. The molecule has 3 aromatic rings. The Hall–Kier alpha value is -2.66. The van der Waals surface area contributed by atoms with Gasteiger partial charge in [-0.15, -0.1) is 0 Å². The highest BCUT2D eigenvalue weighted by Gasteiger charge is 2.30. The van der Waals surface area contributed by atoms with Gasteiger partial charge in [0.15, 0.2) is 5.82 Å². The number of H-pyrrole nitrogens is 1. The first-order valence-corrected chi connectivity index (χ1v) is 10.7. The van der Waals surface area contributed by atoms with Gasteiger partial charge < -0.3 is 15.2 Å². The zero-order valence-electron chi connectivity index (χ0n) is 17.3. The van der Waals surface area contributed by atoms with E-state index in [1.807, 2.05) is 36.1 Å². The normalized spacial score (nSPS) is 19.4. The molecule has 5 nitrogen and oxygen atoms in total. The molecule has 1 aromatic heterocycles. The molecule has 4 rings (SSSR count). The second kappa shape index (κ2) is 8.78. The van der Waals surface area contributed by atoms with Crippen LogP contribution in [0, 0.1) is 6.92 Å². The predicted octanol–water partition coefficient (Wildman–Crippen LogP) is 4.43. The average Bonchev–Trinajstić information content (AvgIpc) is 3.17. The van der Waals surface area contributed by atoms with Crippen LogP contribution in [0.3, 0.4) is 0 Å². The molecule has 0 aliphatic heterocycles. The van der Waals surface area contributed by atoms with Crippen LogP contribution in [0.25, 0.3) is 11.0 Å². The van der Waals surface area contributed by atoms with E-state index in [2.05, 4.69) is 46.5 Å². The maximum atomic E-state index is 13.2. The fourth-order valence-corrected chi connectivity index (χ4v) is 4.41. The Morgan fingerprint density at radius 3 is 2.83 bits per heavy atom. The molecule has 0 spiro atoms. The number of aromatic amines is 1. The summed E-state index contributed by atoms with van der Waals surface area (Å²) in [7, 11) is 0. The number of nitrogens with one attached hydrogen (secondary N) is 2. The van der Waals surface area contributed by atoms with Gasteiger partial charge in [0.05, 0.1) is 11.0 Å². The second-order valence-electron chi connectivity index (χ2n) is 8.08.